The molecule has 0 heterocycles. The number of rotatable bonds is 4. The number of benzene rings is 1. The third-order valence-corrected chi connectivity index (χ3v) is 8.39. The van der Waals surface area contributed by atoms with Gasteiger partial charge in [-0.2, -0.15) is 0 Å². The molecule has 0 aliphatic heterocycles. The first-order valence-electron chi connectivity index (χ1n) is 5.51. The molecule has 0 saturated carbocycles. The van der Waals surface area contributed by atoms with Crippen molar-refractivity contribution < 1.29 is 21.2 Å². The first kappa shape index (κ1) is 14.7. The van der Waals surface area contributed by atoms with Gasteiger partial charge in [-0.1, -0.05) is 0 Å². The molecular formula is C14H21I2-. The SMILES string of the molecule is C[I-]C(C)(C)c1ccc(C(C)(C)CI)cc1. The van der Waals surface area contributed by atoms with E-state index < -0.39 is 0 Å². The summed E-state index contributed by atoms with van der Waals surface area (Å²) in [4.78, 5) is 2.36. The Morgan fingerprint density at radius 3 is 1.81 bits per heavy atom. The van der Waals surface area contributed by atoms with Crippen LogP contribution in [0.1, 0.15) is 38.8 Å². The van der Waals surface area contributed by atoms with E-state index in [0.717, 1.165) is 4.43 Å². The van der Waals surface area contributed by atoms with Gasteiger partial charge in [0.15, 0.2) is 0 Å². The Hall–Kier alpha value is 0.680. The summed E-state index contributed by atoms with van der Waals surface area (Å²) >= 11 is 2.71. The van der Waals surface area contributed by atoms with Crippen LogP contribution in [0.25, 0.3) is 0 Å². The molecule has 1 aromatic carbocycles. The zero-order valence-electron chi connectivity index (χ0n) is 10.8. The molecule has 0 atom stereocenters. The number of hydrogen-bond acceptors (Lipinski definition) is 0. The van der Waals surface area contributed by atoms with Gasteiger partial charge in [-0.25, -0.2) is 0 Å². The van der Waals surface area contributed by atoms with Crippen molar-refractivity contribution >= 4 is 22.6 Å². The van der Waals surface area contributed by atoms with Crippen LogP contribution in [0.5, 0.6) is 0 Å². The van der Waals surface area contributed by atoms with Crippen molar-refractivity contribution in [2.24, 2.45) is 0 Å². The first-order chi connectivity index (χ1) is 7.33. The van der Waals surface area contributed by atoms with Crippen LogP contribution in [-0.2, 0) is 8.84 Å². The molecule has 0 bridgehead atoms. The van der Waals surface area contributed by atoms with Gasteiger partial charge in [0.05, 0.1) is 0 Å². The number of halogens is 2. The van der Waals surface area contributed by atoms with E-state index in [1.807, 2.05) is 0 Å². The summed E-state index contributed by atoms with van der Waals surface area (Å²) in [5, 5.41) is 0. The summed E-state index contributed by atoms with van der Waals surface area (Å²) in [7, 11) is 0. The van der Waals surface area contributed by atoms with Crippen molar-refractivity contribution in [2.45, 2.75) is 36.5 Å². The van der Waals surface area contributed by atoms with Crippen molar-refractivity contribution in [3.63, 3.8) is 0 Å². The molecule has 92 valence electrons. The zero-order valence-corrected chi connectivity index (χ0v) is 15.1. The van der Waals surface area contributed by atoms with Gasteiger partial charge in [-0.15, -0.1) is 0 Å². The van der Waals surface area contributed by atoms with Gasteiger partial charge >= 0.3 is 125 Å². The van der Waals surface area contributed by atoms with Gasteiger partial charge in [0.1, 0.15) is 0 Å². The second kappa shape index (κ2) is 5.55. The van der Waals surface area contributed by atoms with Crippen LogP contribution in [0.2, 0.25) is 0 Å². The molecular weight excluding hydrogens is 422 g/mol. The average molecular weight is 443 g/mol. The molecule has 0 fully saturated rings. The number of hydrogen-bond donors (Lipinski definition) is 0. The standard InChI is InChI=1S/C14H21I2/c1-13(2,10-15)11-6-8-12(9-7-11)14(3,4)16-5/h6-9H,10H2,1-5H3/q-1. The molecule has 0 unspecified atom stereocenters. The molecule has 0 saturated heterocycles. The molecule has 0 N–H and O–H groups in total. The fraction of sp³-hybridized carbons (Fsp3) is 0.571. The van der Waals surface area contributed by atoms with E-state index in [1.165, 1.54) is 11.1 Å². The molecule has 0 spiro atoms. The molecule has 16 heavy (non-hydrogen) atoms. The molecule has 0 aliphatic rings. The Balaban J connectivity index is 3.00. The second-order valence-electron chi connectivity index (χ2n) is 5.26. The summed E-state index contributed by atoms with van der Waals surface area (Å²) in [5.41, 5.74) is 3.25. The summed E-state index contributed by atoms with van der Waals surface area (Å²) in [6.07, 6.45) is 0. The molecule has 0 radical (unpaired) electrons. The van der Waals surface area contributed by atoms with Gasteiger partial charge < -0.3 is 0 Å². The van der Waals surface area contributed by atoms with E-state index in [4.69, 9.17) is 0 Å². The first-order valence-corrected chi connectivity index (χ1v) is 10.3. The van der Waals surface area contributed by atoms with Gasteiger partial charge in [0.25, 0.3) is 0 Å². The monoisotopic (exact) mass is 443 g/mol. The zero-order chi connectivity index (χ0) is 12.4. The van der Waals surface area contributed by atoms with Crippen LogP contribution in [-0.4, -0.2) is 9.36 Å². The van der Waals surface area contributed by atoms with Crippen LogP contribution in [0, 0.1) is 0 Å². The van der Waals surface area contributed by atoms with Crippen LogP contribution in [0.3, 0.4) is 0 Å². The van der Waals surface area contributed by atoms with Crippen LogP contribution < -0.4 is 21.2 Å². The number of alkyl halides is 3. The Morgan fingerprint density at radius 1 is 1.00 bits per heavy atom. The van der Waals surface area contributed by atoms with E-state index in [2.05, 4.69) is 79.5 Å². The fourth-order valence-electron chi connectivity index (χ4n) is 1.50. The van der Waals surface area contributed by atoms with Crippen LogP contribution in [0.15, 0.2) is 24.3 Å². The van der Waals surface area contributed by atoms with Crippen molar-refractivity contribution in [1.82, 2.24) is 0 Å². The summed E-state index contributed by atoms with van der Waals surface area (Å²) in [5.74, 6) is 0. The minimum atomic E-state index is 0.238. The molecule has 0 amide bonds. The van der Waals surface area contributed by atoms with Gasteiger partial charge in [-0.3, -0.25) is 0 Å². The molecule has 0 aromatic heterocycles. The third-order valence-electron chi connectivity index (χ3n) is 3.16. The molecule has 1 aromatic rings. The van der Waals surface area contributed by atoms with Gasteiger partial charge in [0, 0.05) is 0 Å². The summed E-state index contributed by atoms with van der Waals surface area (Å²) < 4.78 is 1.57. The van der Waals surface area contributed by atoms with Gasteiger partial charge in [0.2, 0.25) is 0 Å². The maximum absolute atomic E-state index is 2.47. The van der Waals surface area contributed by atoms with E-state index in [0.29, 0.717) is 8.84 Å². The summed E-state index contributed by atoms with van der Waals surface area (Å²) in [6.45, 7) is 9.34. The average Bonchev–Trinajstić information content (AvgIpc) is 2.29. The van der Waals surface area contributed by atoms with E-state index in [9.17, 15) is 0 Å². The molecule has 1 rings (SSSR count). The molecule has 0 nitrogen and oxygen atoms in total. The van der Waals surface area contributed by atoms with Gasteiger partial charge in [-0.05, 0) is 0 Å². The summed E-state index contributed by atoms with van der Waals surface area (Å²) in [6, 6.07) is 9.28. The Morgan fingerprint density at radius 2 is 1.44 bits per heavy atom. The normalized spacial score (nSPS) is 13.1. The predicted molar refractivity (Wildman–Crippen MR) is 77.3 cm³/mol. The van der Waals surface area contributed by atoms with E-state index in [-0.39, 0.29) is 21.2 Å². The fourth-order valence-corrected chi connectivity index (χ4v) is 2.93. The predicted octanol–water partition coefficient (Wildman–Crippen LogP) is 1.35. The van der Waals surface area contributed by atoms with Crippen LogP contribution in [0.4, 0.5) is 0 Å². The Bertz CT molecular complexity index is 301. The topological polar surface area (TPSA) is 0 Å². The Labute approximate surface area is 124 Å². The minimum absolute atomic E-state index is 0.238. The Kier molecular flexibility index (Phi) is 5.11. The van der Waals surface area contributed by atoms with E-state index in [1.54, 1.807) is 0 Å². The third kappa shape index (κ3) is 3.34. The van der Waals surface area contributed by atoms with Crippen LogP contribution >= 0.6 is 22.6 Å². The van der Waals surface area contributed by atoms with E-state index >= 15 is 0 Å². The molecule has 0 aliphatic carbocycles. The van der Waals surface area contributed by atoms with Crippen molar-refractivity contribution in [3.05, 3.63) is 35.4 Å². The van der Waals surface area contributed by atoms with Crippen molar-refractivity contribution in [1.29, 1.82) is 0 Å². The quantitative estimate of drug-likeness (QED) is 0.487. The maximum atomic E-state index is 2.47. The van der Waals surface area contributed by atoms with Crippen molar-refractivity contribution in [3.8, 4) is 0 Å². The van der Waals surface area contributed by atoms with Crippen molar-refractivity contribution in [2.75, 3.05) is 9.36 Å². The molecule has 2 heteroatoms. The second-order valence-corrected chi connectivity index (χ2v) is 9.79.